The van der Waals surface area contributed by atoms with Crippen LogP contribution in [0.2, 0.25) is 0 Å². The van der Waals surface area contributed by atoms with E-state index in [0.29, 0.717) is 23.4 Å². The monoisotopic (exact) mass is 768 g/mol. The molecular formula is C39H44F4N6O6. The van der Waals surface area contributed by atoms with Gasteiger partial charge in [-0.2, -0.15) is 13.2 Å². The molecule has 2 amide bonds. The van der Waals surface area contributed by atoms with Crippen LogP contribution in [0.25, 0.3) is 11.3 Å². The normalized spacial score (nSPS) is 20.5. The number of aliphatic hydroxyl groups is 2. The number of hydrogen-bond donors (Lipinski definition) is 4. The topological polar surface area (TPSA) is 153 Å². The van der Waals surface area contributed by atoms with Crippen molar-refractivity contribution in [1.29, 1.82) is 0 Å². The summed E-state index contributed by atoms with van der Waals surface area (Å²) in [5.41, 5.74) is 0.865. The van der Waals surface area contributed by atoms with Gasteiger partial charge in [0.05, 0.1) is 30.1 Å². The molecule has 4 N–H and O–H groups in total. The number of para-hydroxylation sites is 1. The fourth-order valence-electron chi connectivity index (χ4n) is 7.12. The lowest BCUT2D eigenvalue weighted by Gasteiger charge is -2.46. The van der Waals surface area contributed by atoms with E-state index < -0.39 is 66.1 Å². The number of alkyl halides is 3. The minimum atomic E-state index is -4.65. The number of piperazine rings is 1. The van der Waals surface area contributed by atoms with Crippen molar-refractivity contribution in [2.75, 3.05) is 39.3 Å². The lowest BCUT2D eigenvalue weighted by Crippen LogP contribution is -2.63. The SMILES string of the molecule is CC(C)(c1ncc(-c2cncc(F)c2)o1)N1CCN(C[C@@H](O)C[C@@H](Cc2ccccc2)C(=O)N[C@H]2c3ccccc3OC[C@H]2O)[C@H](C(=O)NCC(F)(F)F)C1. The highest BCUT2D eigenvalue weighted by Crippen LogP contribution is 2.34. The fraction of sp³-hybridized carbons (Fsp3) is 0.436. The van der Waals surface area contributed by atoms with Crippen LogP contribution in [-0.4, -0.2) is 106 Å². The lowest BCUT2D eigenvalue weighted by molar-refractivity contribution is -0.144. The van der Waals surface area contributed by atoms with Crippen LogP contribution in [0.4, 0.5) is 17.6 Å². The maximum atomic E-state index is 13.9. The molecule has 4 aromatic rings. The molecule has 12 nitrogen and oxygen atoms in total. The third-order valence-electron chi connectivity index (χ3n) is 10.1. The number of halogens is 4. The van der Waals surface area contributed by atoms with E-state index in [9.17, 15) is 37.4 Å². The van der Waals surface area contributed by atoms with Gasteiger partial charge < -0.3 is 30.0 Å². The first-order valence-electron chi connectivity index (χ1n) is 18.0. The molecule has 1 saturated heterocycles. The summed E-state index contributed by atoms with van der Waals surface area (Å²) in [5, 5.41) is 27.3. The number of ether oxygens (including phenoxy) is 1. The van der Waals surface area contributed by atoms with E-state index in [2.05, 4.69) is 15.3 Å². The van der Waals surface area contributed by atoms with E-state index in [0.717, 1.165) is 11.8 Å². The molecule has 4 heterocycles. The highest BCUT2D eigenvalue weighted by Gasteiger charge is 2.43. The van der Waals surface area contributed by atoms with E-state index in [1.54, 1.807) is 43.0 Å². The number of carbonyl (C=O) groups excluding carboxylic acids is 2. The first kappa shape index (κ1) is 39.8. The van der Waals surface area contributed by atoms with Crippen molar-refractivity contribution in [1.82, 2.24) is 30.4 Å². The Kier molecular flexibility index (Phi) is 12.2. The van der Waals surface area contributed by atoms with Crippen LogP contribution >= 0.6 is 0 Å². The standard InChI is InChI=1S/C39H44F4N6O6/c1-38(2,37-45-19-33(55-37)26-15-27(40)18-44-17-26)49-13-12-48(30(21-49)36(53)46-23-39(41,42)43)20-28(50)16-25(14-24-8-4-3-5-9-24)35(52)47-34-29-10-6-7-11-32(29)54-22-31(34)51/h3-11,15,17-19,25,28,30-31,34,50-51H,12-14,16,20-23H2,1-2H3,(H,46,53)(H,47,52)/t25-,28+,30+,31-,34+/m1/s1. The van der Waals surface area contributed by atoms with E-state index in [1.165, 1.54) is 18.5 Å². The second-order valence-corrected chi connectivity index (χ2v) is 14.4. The van der Waals surface area contributed by atoms with Gasteiger partial charge in [0.15, 0.2) is 5.76 Å². The Morgan fingerprint density at radius 1 is 1.04 bits per heavy atom. The molecule has 2 aliphatic rings. The van der Waals surface area contributed by atoms with Crippen LogP contribution in [0, 0.1) is 11.7 Å². The summed E-state index contributed by atoms with van der Waals surface area (Å²) >= 11 is 0. The number of rotatable bonds is 13. The molecular weight excluding hydrogens is 724 g/mol. The molecule has 5 atom stereocenters. The number of amides is 2. The highest BCUT2D eigenvalue weighted by atomic mass is 19.4. The Morgan fingerprint density at radius 2 is 1.78 bits per heavy atom. The number of fused-ring (bicyclic) bond motifs is 1. The first-order valence-corrected chi connectivity index (χ1v) is 18.0. The van der Waals surface area contributed by atoms with Gasteiger partial charge in [0, 0.05) is 49.4 Å². The number of carbonyl (C=O) groups is 2. The molecule has 2 aromatic heterocycles. The molecule has 0 unspecified atom stereocenters. The Hall–Kier alpha value is -4.90. The second-order valence-electron chi connectivity index (χ2n) is 14.4. The predicted octanol–water partition coefficient (Wildman–Crippen LogP) is 4.00. The van der Waals surface area contributed by atoms with Gasteiger partial charge in [-0.3, -0.25) is 24.4 Å². The largest absolute Gasteiger partial charge is 0.490 e. The van der Waals surface area contributed by atoms with Gasteiger partial charge in [-0.15, -0.1) is 0 Å². The zero-order chi connectivity index (χ0) is 39.3. The molecule has 0 saturated carbocycles. The molecule has 0 bridgehead atoms. The van der Waals surface area contributed by atoms with Gasteiger partial charge in [-0.05, 0) is 44.4 Å². The molecule has 2 aromatic carbocycles. The lowest BCUT2D eigenvalue weighted by atomic mass is 9.90. The van der Waals surface area contributed by atoms with Gasteiger partial charge in [0.25, 0.3) is 0 Å². The average molecular weight is 769 g/mol. The molecule has 1 fully saturated rings. The minimum absolute atomic E-state index is 0.0177. The number of aromatic nitrogens is 2. The van der Waals surface area contributed by atoms with Crippen molar-refractivity contribution >= 4 is 11.8 Å². The zero-order valence-electron chi connectivity index (χ0n) is 30.4. The summed E-state index contributed by atoms with van der Waals surface area (Å²) < 4.78 is 65.1. The van der Waals surface area contributed by atoms with Gasteiger partial charge in [0.2, 0.25) is 17.7 Å². The number of nitrogens with one attached hydrogen (secondary N) is 2. The van der Waals surface area contributed by atoms with E-state index in [1.807, 2.05) is 40.5 Å². The van der Waals surface area contributed by atoms with Crippen LogP contribution in [-0.2, 0) is 21.5 Å². The van der Waals surface area contributed by atoms with Gasteiger partial charge in [0.1, 0.15) is 36.9 Å². The van der Waals surface area contributed by atoms with Crippen molar-refractivity contribution in [3.05, 3.63) is 102 Å². The first-order chi connectivity index (χ1) is 26.2. The number of oxazole rings is 1. The van der Waals surface area contributed by atoms with Crippen molar-refractivity contribution in [3.8, 4) is 17.1 Å². The summed E-state index contributed by atoms with van der Waals surface area (Å²) in [6.45, 7) is 2.37. The van der Waals surface area contributed by atoms with Crippen molar-refractivity contribution < 1.29 is 46.5 Å². The average Bonchev–Trinajstić information content (AvgIpc) is 3.67. The van der Waals surface area contributed by atoms with Gasteiger partial charge >= 0.3 is 6.18 Å². The van der Waals surface area contributed by atoms with E-state index in [-0.39, 0.29) is 50.7 Å². The Labute approximate surface area is 315 Å². The molecule has 6 rings (SSSR count). The summed E-state index contributed by atoms with van der Waals surface area (Å²) in [6, 6.07) is 15.7. The fourth-order valence-corrected chi connectivity index (χ4v) is 7.12. The molecule has 16 heteroatoms. The van der Waals surface area contributed by atoms with Crippen LogP contribution < -0.4 is 15.4 Å². The van der Waals surface area contributed by atoms with Crippen LogP contribution in [0.5, 0.6) is 5.75 Å². The molecule has 0 radical (unpaired) electrons. The minimum Gasteiger partial charge on any atom is -0.490 e. The predicted molar refractivity (Wildman–Crippen MR) is 192 cm³/mol. The summed E-state index contributed by atoms with van der Waals surface area (Å²) in [4.78, 5) is 39.1. The maximum absolute atomic E-state index is 13.9. The number of hydrogen-bond acceptors (Lipinski definition) is 10. The van der Waals surface area contributed by atoms with Crippen molar-refractivity contribution in [3.63, 3.8) is 0 Å². The summed E-state index contributed by atoms with van der Waals surface area (Å²) in [7, 11) is 0. The summed E-state index contributed by atoms with van der Waals surface area (Å²) in [5.74, 6) is -1.57. The van der Waals surface area contributed by atoms with Gasteiger partial charge in [-0.25, -0.2) is 9.37 Å². The van der Waals surface area contributed by atoms with Gasteiger partial charge in [-0.1, -0.05) is 48.5 Å². The second kappa shape index (κ2) is 16.9. The maximum Gasteiger partial charge on any atom is 0.405 e. The number of pyridine rings is 1. The molecule has 0 spiro atoms. The highest BCUT2D eigenvalue weighted by molar-refractivity contribution is 5.82. The Morgan fingerprint density at radius 3 is 2.53 bits per heavy atom. The van der Waals surface area contributed by atoms with Crippen LogP contribution in [0.15, 0.2) is 83.7 Å². The molecule has 55 heavy (non-hydrogen) atoms. The third kappa shape index (κ3) is 9.86. The molecule has 294 valence electrons. The van der Waals surface area contributed by atoms with E-state index >= 15 is 0 Å². The number of β-amino-alcohol motifs (C(OH)–C–C–N with tert-alkyl or cyclic N) is 1. The third-order valence-corrected chi connectivity index (χ3v) is 10.1. The van der Waals surface area contributed by atoms with E-state index in [4.69, 9.17) is 9.15 Å². The smallest absolute Gasteiger partial charge is 0.405 e. The quantitative estimate of drug-likeness (QED) is 0.147. The van der Waals surface area contributed by atoms with Crippen molar-refractivity contribution in [2.24, 2.45) is 5.92 Å². The van der Waals surface area contributed by atoms with Crippen LogP contribution in [0.1, 0.15) is 43.3 Å². The van der Waals surface area contributed by atoms with Crippen molar-refractivity contribution in [2.45, 2.75) is 62.7 Å². The Bertz CT molecular complexity index is 1930. The molecule has 2 aliphatic heterocycles. The number of benzene rings is 2. The zero-order valence-corrected chi connectivity index (χ0v) is 30.4. The molecule has 0 aliphatic carbocycles. The Balaban J connectivity index is 1.19. The number of nitrogens with zero attached hydrogens (tertiary/aromatic N) is 4. The number of aliphatic hydroxyl groups excluding tert-OH is 2. The summed E-state index contributed by atoms with van der Waals surface area (Å²) in [6.07, 6.45) is -2.71. The van der Waals surface area contributed by atoms with Crippen LogP contribution in [0.3, 0.4) is 0 Å².